The van der Waals surface area contributed by atoms with Crippen LogP contribution in [0.25, 0.3) is 0 Å². The predicted molar refractivity (Wildman–Crippen MR) is 82.1 cm³/mol. The zero-order valence-corrected chi connectivity index (χ0v) is 14.5. The van der Waals surface area contributed by atoms with Gasteiger partial charge in [-0.1, -0.05) is 19.9 Å². The average Bonchev–Trinajstić information content (AvgIpc) is 2.75. The largest absolute Gasteiger partial charge is 0.249 e. The van der Waals surface area contributed by atoms with Crippen LogP contribution in [0, 0.1) is 17.6 Å². The number of hydrogen-bond donors (Lipinski definition) is 0. The molecule has 1 aliphatic heterocycles. The summed E-state index contributed by atoms with van der Waals surface area (Å²) >= 11 is 0. The Morgan fingerprint density at radius 2 is 1.83 bits per heavy atom. The van der Waals surface area contributed by atoms with Crippen LogP contribution < -0.4 is 0 Å². The van der Waals surface area contributed by atoms with Crippen molar-refractivity contribution in [3.63, 3.8) is 0 Å². The number of hydrogen-bond acceptors (Lipinski definition) is 4. The van der Waals surface area contributed by atoms with Crippen LogP contribution in [-0.4, -0.2) is 45.2 Å². The first-order chi connectivity index (χ1) is 10.5. The monoisotopic (exact) mass is 367 g/mol. The highest BCUT2D eigenvalue weighted by molar-refractivity contribution is 7.92. The summed E-state index contributed by atoms with van der Waals surface area (Å²) in [6, 6.07) is 2.02. The maximum Gasteiger partial charge on any atom is 0.249 e. The Morgan fingerprint density at radius 3 is 2.26 bits per heavy atom. The van der Waals surface area contributed by atoms with Crippen molar-refractivity contribution in [3.05, 3.63) is 29.8 Å². The molecule has 1 heterocycles. The van der Waals surface area contributed by atoms with Crippen molar-refractivity contribution in [1.29, 1.82) is 0 Å². The first-order valence-corrected chi connectivity index (χ1v) is 10.5. The van der Waals surface area contributed by atoms with Crippen LogP contribution >= 0.6 is 0 Å². The van der Waals surface area contributed by atoms with E-state index in [9.17, 15) is 25.6 Å². The van der Waals surface area contributed by atoms with Crippen molar-refractivity contribution in [3.8, 4) is 0 Å². The van der Waals surface area contributed by atoms with E-state index >= 15 is 0 Å². The zero-order chi connectivity index (χ0) is 17.4. The Morgan fingerprint density at radius 1 is 1.26 bits per heavy atom. The molecule has 1 fully saturated rings. The Hall–Kier alpha value is -1.06. The molecule has 1 aromatic rings. The number of sulfonamides is 1. The molecule has 5 nitrogen and oxygen atoms in total. The van der Waals surface area contributed by atoms with E-state index < -0.39 is 42.4 Å². The molecule has 0 unspecified atom stereocenters. The van der Waals surface area contributed by atoms with Crippen LogP contribution in [0.15, 0.2) is 23.1 Å². The molecule has 0 bridgehead atoms. The summed E-state index contributed by atoms with van der Waals surface area (Å²) in [7, 11) is -7.80. The van der Waals surface area contributed by atoms with E-state index in [1.54, 1.807) is 13.8 Å². The predicted octanol–water partition coefficient (Wildman–Crippen LogP) is 1.80. The number of halogens is 2. The normalized spacial score (nSPS) is 21.2. The molecule has 0 N–H and O–H groups in total. The van der Waals surface area contributed by atoms with Crippen LogP contribution in [0.3, 0.4) is 0 Å². The Kier molecular flexibility index (Phi) is 5.12. The number of sulfone groups is 1. The van der Waals surface area contributed by atoms with Gasteiger partial charge in [0.15, 0.2) is 14.7 Å². The van der Waals surface area contributed by atoms with Gasteiger partial charge in [0.05, 0.1) is 11.5 Å². The molecule has 2 rings (SSSR count). The van der Waals surface area contributed by atoms with Crippen LogP contribution in [0.1, 0.15) is 20.3 Å². The molecule has 1 atom stereocenters. The van der Waals surface area contributed by atoms with Gasteiger partial charge in [0.25, 0.3) is 0 Å². The van der Waals surface area contributed by atoms with Gasteiger partial charge in [-0.3, -0.25) is 0 Å². The minimum atomic E-state index is -4.47. The highest BCUT2D eigenvalue weighted by Crippen LogP contribution is 2.28. The summed E-state index contributed by atoms with van der Waals surface area (Å²) < 4.78 is 77.6. The third-order valence-corrected chi connectivity index (χ3v) is 7.37. The fraction of sp³-hybridized carbons (Fsp3) is 0.571. The van der Waals surface area contributed by atoms with Crippen molar-refractivity contribution >= 4 is 19.9 Å². The highest BCUT2D eigenvalue weighted by atomic mass is 32.2. The Balaban J connectivity index is 2.50. The summed E-state index contributed by atoms with van der Waals surface area (Å²) in [6.45, 7) is 3.50. The molecule has 130 valence electrons. The quantitative estimate of drug-likeness (QED) is 0.796. The summed E-state index contributed by atoms with van der Waals surface area (Å²) in [5, 5.41) is 0. The second kappa shape index (κ2) is 6.45. The fourth-order valence-electron chi connectivity index (χ4n) is 2.65. The molecule has 9 heteroatoms. The number of benzene rings is 1. The molecule has 0 spiro atoms. The van der Waals surface area contributed by atoms with Gasteiger partial charge in [0.1, 0.15) is 11.6 Å². The van der Waals surface area contributed by atoms with E-state index in [0.717, 1.165) is 22.5 Å². The Labute approximate surface area is 135 Å². The summed E-state index contributed by atoms with van der Waals surface area (Å²) in [5.74, 6) is -2.93. The van der Waals surface area contributed by atoms with Crippen LogP contribution in [-0.2, 0) is 19.9 Å². The second-order valence-corrected chi connectivity index (χ2v) is 10.1. The molecule has 0 aliphatic carbocycles. The van der Waals surface area contributed by atoms with Gasteiger partial charge in [0, 0.05) is 12.6 Å². The molecule has 1 aromatic carbocycles. The van der Waals surface area contributed by atoms with Gasteiger partial charge in [0.2, 0.25) is 10.0 Å². The standard InChI is InChI=1S/C14H19F2NO4S2/c1-10(2)8-17(11-6-7-22(18,19)9-11)23(20,21)14-12(15)4-3-5-13(14)16/h3-5,10-11H,6-9H2,1-2H3/t11-/m1/s1. The second-order valence-electron chi connectivity index (χ2n) is 6.08. The molecular formula is C14H19F2NO4S2. The molecule has 0 saturated carbocycles. The number of rotatable bonds is 5. The summed E-state index contributed by atoms with van der Waals surface area (Å²) in [5.41, 5.74) is 0. The average molecular weight is 367 g/mol. The maximum atomic E-state index is 13.9. The molecule has 1 saturated heterocycles. The van der Waals surface area contributed by atoms with Crippen molar-refractivity contribution in [2.45, 2.75) is 31.2 Å². The van der Waals surface area contributed by atoms with E-state index in [1.807, 2.05) is 0 Å². The van der Waals surface area contributed by atoms with Gasteiger partial charge in [-0.05, 0) is 24.5 Å². The molecule has 1 aliphatic rings. The van der Waals surface area contributed by atoms with Gasteiger partial charge < -0.3 is 0 Å². The summed E-state index contributed by atoms with van der Waals surface area (Å²) in [4.78, 5) is -1.02. The third kappa shape index (κ3) is 3.89. The molecule has 0 radical (unpaired) electrons. The SMILES string of the molecule is CC(C)CN([C@@H]1CCS(=O)(=O)C1)S(=O)(=O)c1c(F)cccc1F. The molecule has 0 amide bonds. The first kappa shape index (κ1) is 18.3. The van der Waals surface area contributed by atoms with Gasteiger partial charge in [-0.15, -0.1) is 0 Å². The van der Waals surface area contributed by atoms with Crippen LogP contribution in [0.2, 0.25) is 0 Å². The Bertz CT molecular complexity index is 771. The van der Waals surface area contributed by atoms with Gasteiger partial charge >= 0.3 is 0 Å². The van der Waals surface area contributed by atoms with E-state index in [1.165, 1.54) is 0 Å². The van der Waals surface area contributed by atoms with Crippen molar-refractivity contribution in [1.82, 2.24) is 4.31 Å². The van der Waals surface area contributed by atoms with E-state index in [4.69, 9.17) is 0 Å². The van der Waals surface area contributed by atoms with E-state index in [2.05, 4.69) is 0 Å². The van der Waals surface area contributed by atoms with Crippen molar-refractivity contribution < 1.29 is 25.6 Å². The zero-order valence-electron chi connectivity index (χ0n) is 12.9. The van der Waals surface area contributed by atoms with E-state index in [-0.39, 0.29) is 30.4 Å². The highest BCUT2D eigenvalue weighted by Gasteiger charge is 2.41. The van der Waals surface area contributed by atoms with Gasteiger partial charge in [-0.2, -0.15) is 4.31 Å². The van der Waals surface area contributed by atoms with Crippen LogP contribution in [0.5, 0.6) is 0 Å². The topological polar surface area (TPSA) is 71.5 Å². The summed E-state index contributed by atoms with van der Waals surface area (Å²) in [6.07, 6.45) is 0.129. The lowest BCUT2D eigenvalue weighted by Gasteiger charge is -2.29. The maximum absolute atomic E-state index is 13.9. The minimum absolute atomic E-state index is 0.00368. The third-order valence-electron chi connectivity index (χ3n) is 3.65. The lowest BCUT2D eigenvalue weighted by Crippen LogP contribution is -2.43. The van der Waals surface area contributed by atoms with Crippen LogP contribution in [0.4, 0.5) is 8.78 Å². The molecule has 23 heavy (non-hydrogen) atoms. The molecular weight excluding hydrogens is 348 g/mol. The minimum Gasteiger partial charge on any atom is -0.229 e. The van der Waals surface area contributed by atoms with Crippen molar-refractivity contribution in [2.24, 2.45) is 5.92 Å². The number of nitrogens with zero attached hydrogens (tertiary/aromatic N) is 1. The lowest BCUT2D eigenvalue weighted by atomic mass is 10.2. The first-order valence-electron chi connectivity index (χ1n) is 7.21. The smallest absolute Gasteiger partial charge is 0.229 e. The lowest BCUT2D eigenvalue weighted by molar-refractivity contribution is 0.305. The molecule has 0 aromatic heterocycles. The van der Waals surface area contributed by atoms with E-state index in [0.29, 0.717) is 0 Å². The fourth-order valence-corrected chi connectivity index (χ4v) is 6.41. The van der Waals surface area contributed by atoms with Crippen molar-refractivity contribution in [2.75, 3.05) is 18.1 Å². The van der Waals surface area contributed by atoms with Gasteiger partial charge in [-0.25, -0.2) is 25.6 Å².